The zero-order valence-electron chi connectivity index (χ0n) is 10.6. The molecule has 0 unspecified atom stereocenters. The Labute approximate surface area is 106 Å². The van der Waals surface area contributed by atoms with E-state index in [1.54, 1.807) is 13.0 Å². The number of carbonyl (C=O) groups excluding carboxylic acids is 1. The number of hydrogen-bond donors (Lipinski definition) is 3. The Hall–Kier alpha value is -2.04. The van der Waals surface area contributed by atoms with Crippen molar-refractivity contribution in [1.82, 2.24) is 5.32 Å². The van der Waals surface area contributed by atoms with Gasteiger partial charge in [-0.15, -0.1) is 0 Å². The highest BCUT2D eigenvalue weighted by atomic mass is 16.4. The maximum atomic E-state index is 11.7. The lowest BCUT2D eigenvalue weighted by atomic mass is 10.1. The number of rotatable bonds is 5. The van der Waals surface area contributed by atoms with Crippen LogP contribution in [0, 0.1) is 0 Å². The molecule has 0 aliphatic carbocycles. The third-order valence-electron chi connectivity index (χ3n) is 2.66. The van der Waals surface area contributed by atoms with Crippen LogP contribution in [-0.2, 0) is 11.2 Å². The Morgan fingerprint density at radius 2 is 1.94 bits per heavy atom. The summed E-state index contributed by atoms with van der Waals surface area (Å²) in [5.74, 6) is -1.03. The summed E-state index contributed by atoms with van der Waals surface area (Å²) in [4.78, 5) is 22.5. The second kappa shape index (κ2) is 6.64. The minimum absolute atomic E-state index is 0.345. The smallest absolute Gasteiger partial charge is 0.326 e. The maximum Gasteiger partial charge on any atom is 0.326 e. The van der Waals surface area contributed by atoms with E-state index in [0.29, 0.717) is 12.1 Å². The number of carboxylic acid groups (broad SMARTS) is 1. The molecule has 1 rings (SSSR count). The summed E-state index contributed by atoms with van der Waals surface area (Å²) < 4.78 is 0. The minimum atomic E-state index is -1.03. The second-order valence-electron chi connectivity index (χ2n) is 3.91. The number of aryl methyl sites for hydroxylation is 1. The van der Waals surface area contributed by atoms with Crippen LogP contribution in [0.1, 0.15) is 25.8 Å². The summed E-state index contributed by atoms with van der Waals surface area (Å²) in [6, 6.07) is 6.07. The molecule has 0 heterocycles. The average Bonchev–Trinajstić information content (AvgIpc) is 2.36. The van der Waals surface area contributed by atoms with Gasteiger partial charge >= 0.3 is 12.0 Å². The van der Waals surface area contributed by atoms with Crippen molar-refractivity contribution in [3.05, 3.63) is 29.8 Å². The van der Waals surface area contributed by atoms with Gasteiger partial charge in [-0.1, -0.05) is 32.0 Å². The molecule has 98 valence electrons. The van der Waals surface area contributed by atoms with Gasteiger partial charge in [0.1, 0.15) is 6.04 Å². The number of para-hydroxylation sites is 1. The lowest BCUT2D eigenvalue weighted by molar-refractivity contribution is -0.139. The molecule has 0 aliphatic rings. The summed E-state index contributed by atoms with van der Waals surface area (Å²) >= 11 is 0. The minimum Gasteiger partial charge on any atom is -0.480 e. The van der Waals surface area contributed by atoms with Crippen LogP contribution < -0.4 is 10.6 Å². The van der Waals surface area contributed by atoms with Crippen molar-refractivity contribution in [2.45, 2.75) is 32.7 Å². The quantitative estimate of drug-likeness (QED) is 0.749. The Morgan fingerprint density at radius 1 is 1.28 bits per heavy atom. The molecule has 5 nitrogen and oxygen atoms in total. The summed E-state index contributed by atoms with van der Waals surface area (Å²) in [6.07, 6.45) is 1.14. The fraction of sp³-hybridized carbons (Fsp3) is 0.385. The number of nitrogens with one attached hydrogen (secondary N) is 2. The summed E-state index contributed by atoms with van der Waals surface area (Å²) in [5, 5.41) is 13.9. The van der Waals surface area contributed by atoms with Gasteiger partial charge in [0.25, 0.3) is 0 Å². The van der Waals surface area contributed by atoms with E-state index < -0.39 is 18.0 Å². The largest absolute Gasteiger partial charge is 0.480 e. The highest BCUT2D eigenvalue weighted by Crippen LogP contribution is 2.15. The lowest BCUT2D eigenvalue weighted by Gasteiger charge is -2.14. The van der Waals surface area contributed by atoms with Crippen LogP contribution in [0.5, 0.6) is 0 Å². The topological polar surface area (TPSA) is 78.4 Å². The van der Waals surface area contributed by atoms with Gasteiger partial charge < -0.3 is 15.7 Å². The molecule has 0 aromatic heterocycles. The van der Waals surface area contributed by atoms with Gasteiger partial charge in [0.2, 0.25) is 0 Å². The predicted molar refractivity (Wildman–Crippen MR) is 69.7 cm³/mol. The average molecular weight is 250 g/mol. The first kappa shape index (κ1) is 14.0. The van der Waals surface area contributed by atoms with Gasteiger partial charge in [-0.05, 0) is 24.5 Å². The molecule has 2 amide bonds. The number of aliphatic carboxylic acids is 1. The zero-order valence-corrected chi connectivity index (χ0v) is 10.6. The Kier molecular flexibility index (Phi) is 5.17. The van der Waals surface area contributed by atoms with Gasteiger partial charge in [0.15, 0.2) is 0 Å². The maximum absolute atomic E-state index is 11.7. The van der Waals surface area contributed by atoms with Crippen molar-refractivity contribution in [2.24, 2.45) is 0 Å². The summed E-state index contributed by atoms with van der Waals surface area (Å²) in [7, 11) is 0. The van der Waals surface area contributed by atoms with Crippen LogP contribution >= 0.6 is 0 Å². The van der Waals surface area contributed by atoms with E-state index in [1.807, 2.05) is 25.1 Å². The van der Waals surface area contributed by atoms with Gasteiger partial charge in [0, 0.05) is 5.69 Å². The Balaban J connectivity index is 2.67. The fourth-order valence-corrected chi connectivity index (χ4v) is 1.61. The molecule has 1 aromatic rings. The lowest BCUT2D eigenvalue weighted by Crippen LogP contribution is -2.42. The Morgan fingerprint density at radius 3 is 2.50 bits per heavy atom. The van der Waals surface area contributed by atoms with Crippen LogP contribution in [0.4, 0.5) is 10.5 Å². The zero-order chi connectivity index (χ0) is 13.5. The molecular formula is C13H18N2O3. The molecule has 0 spiro atoms. The molecule has 5 heteroatoms. The molecule has 0 saturated heterocycles. The van der Waals surface area contributed by atoms with Gasteiger partial charge in [-0.3, -0.25) is 0 Å². The van der Waals surface area contributed by atoms with E-state index >= 15 is 0 Å². The number of hydrogen-bond acceptors (Lipinski definition) is 2. The molecule has 0 fully saturated rings. The first-order valence-electron chi connectivity index (χ1n) is 5.96. The summed E-state index contributed by atoms with van der Waals surface area (Å²) in [6.45, 7) is 3.70. The number of carbonyl (C=O) groups is 2. The molecule has 0 bridgehead atoms. The molecule has 0 aliphatic heterocycles. The molecule has 0 radical (unpaired) electrons. The van der Waals surface area contributed by atoms with Crippen LogP contribution in [0.25, 0.3) is 0 Å². The van der Waals surface area contributed by atoms with Crippen molar-refractivity contribution in [3.8, 4) is 0 Å². The van der Waals surface area contributed by atoms with Crippen LogP contribution in [0.3, 0.4) is 0 Å². The van der Waals surface area contributed by atoms with Gasteiger partial charge in [0.05, 0.1) is 0 Å². The second-order valence-corrected chi connectivity index (χ2v) is 3.91. The van der Waals surface area contributed by atoms with E-state index in [9.17, 15) is 9.59 Å². The fourth-order valence-electron chi connectivity index (χ4n) is 1.61. The number of anilines is 1. The molecule has 0 saturated carbocycles. The predicted octanol–water partition coefficient (Wildman–Crippen LogP) is 2.23. The van der Waals surface area contributed by atoms with E-state index in [2.05, 4.69) is 10.6 Å². The number of carboxylic acids is 1. The van der Waals surface area contributed by atoms with Gasteiger partial charge in [-0.2, -0.15) is 0 Å². The highest BCUT2D eigenvalue weighted by molar-refractivity contribution is 5.92. The van der Waals surface area contributed by atoms with Crippen molar-refractivity contribution in [3.63, 3.8) is 0 Å². The van der Waals surface area contributed by atoms with Crippen molar-refractivity contribution >= 4 is 17.7 Å². The SMILES string of the molecule is CCc1ccccc1NC(=O)N[C@H](CC)C(=O)O. The van der Waals surface area contributed by atoms with E-state index in [0.717, 1.165) is 12.0 Å². The van der Waals surface area contributed by atoms with Crippen LogP contribution in [0.2, 0.25) is 0 Å². The van der Waals surface area contributed by atoms with Crippen LogP contribution in [0.15, 0.2) is 24.3 Å². The molecular weight excluding hydrogens is 232 g/mol. The van der Waals surface area contributed by atoms with Gasteiger partial charge in [-0.25, -0.2) is 9.59 Å². The third kappa shape index (κ3) is 3.76. The van der Waals surface area contributed by atoms with Crippen molar-refractivity contribution in [1.29, 1.82) is 0 Å². The molecule has 18 heavy (non-hydrogen) atoms. The Bertz CT molecular complexity index is 432. The van der Waals surface area contributed by atoms with Crippen molar-refractivity contribution < 1.29 is 14.7 Å². The standard InChI is InChI=1S/C13H18N2O3/c1-3-9-7-5-6-8-11(9)15-13(18)14-10(4-2)12(16)17/h5-8,10H,3-4H2,1-2H3,(H,16,17)(H2,14,15,18)/t10-/m1/s1. The van der Waals surface area contributed by atoms with E-state index in [4.69, 9.17) is 5.11 Å². The van der Waals surface area contributed by atoms with Crippen LogP contribution in [-0.4, -0.2) is 23.1 Å². The normalized spacial score (nSPS) is 11.7. The number of benzene rings is 1. The molecule has 1 aromatic carbocycles. The third-order valence-corrected chi connectivity index (χ3v) is 2.66. The van der Waals surface area contributed by atoms with E-state index in [-0.39, 0.29) is 0 Å². The molecule has 3 N–H and O–H groups in total. The highest BCUT2D eigenvalue weighted by Gasteiger charge is 2.17. The monoisotopic (exact) mass is 250 g/mol. The van der Waals surface area contributed by atoms with Crippen molar-refractivity contribution in [2.75, 3.05) is 5.32 Å². The first-order valence-corrected chi connectivity index (χ1v) is 5.96. The van der Waals surface area contributed by atoms with E-state index in [1.165, 1.54) is 0 Å². The summed E-state index contributed by atoms with van der Waals surface area (Å²) in [5.41, 5.74) is 1.72. The number of urea groups is 1. The molecule has 1 atom stereocenters. The first-order chi connectivity index (χ1) is 8.58. The number of amides is 2.